The smallest absolute Gasteiger partial charge is 0.693 e. The summed E-state index contributed by atoms with van der Waals surface area (Å²) < 4.78 is 0. The molecule has 0 aromatic heterocycles. The molecule has 0 unspecified atom stereocenters. The van der Waals surface area contributed by atoms with Gasteiger partial charge in [0.05, 0.1) is 0 Å². The van der Waals surface area contributed by atoms with Gasteiger partial charge in [-0.1, -0.05) is 0 Å². The monoisotopic (exact) mass is 176 g/mol. The van der Waals surface area contributed by atoms with E-state index in [9.17, 15) is 0 Å². The van der Waals surface area contributed by atoms with Crippen LogP contribution in [-0.2, 0) is 19.4 Å². The van der Waals surface area contributed by atoms with Crippen molar-refractivity contribution in [2.24, 2.45) is 0 Å². The average molecular weight is 174 g/mol. The Hall–Kier alpha value is 0.398. The molecule has 0 rings (SSSR count). The Bertz CT molecular complexity index is 7.51. The standard InChI is InChI=1S/CH2.Mo.4H2N/h1H2;;4*1H2/q;+4;4*-1. The maximum absolute atomic E-state index is 3.26. The zero-order valence-electron chi connectivity index (χ0n) is 3.42. The van der Waals surface area contributed by atoms with Gasteiger partial charge in [0.2, 0.25) is 0 Å². The summed E-state index contributed by atoms with van der Waals surface area (Å²) in [4.78, 5) is 3.26. The molecule has 0 saturated heterocycles. The Kier molecular flexibility index (Phi) is 10500. The van der Waals surface area contributed by atoms with Gasteiger partial charge in [-0.3, -0.25) is 0 Å². The minimum absolute atomic E-state index is 0. The molecule has 6 heavy (non-hydrogen) atoms. The van der Waals surface area contributed by atoms with E-state index >= 15 is 0 Å². The molecule has 0 aliphatic heterocycles. The Labute approximate surface area is 49.4 Å². The number of hydrogen-bond acceptors (Lipinski definition) is 0. The summed E-state index contributed by atoms with van der Waals surface area (Å²) in [6, 6.07) is 0. The molecule has 0 aromatic rings. The van der Waals surface area contributed by atoms with Gasteiger partial charge in [0, 0.05) is 0 Å². The van der Waals surface area contributed by atoms with Crippen molar-refractivity contribution in [2.45, 2.75) is 0 Å². The van der Waals surface area contributed by atoms with E-state index in [1.54, 1.807) is 19.4 Å². The van der Waals surface area contributed by atoms with Gasteiger partial charge in [-0.15, -0.1) is 0 Å². The maximum atomic E-state index is 3.26. The van der Waals surface area contributed by atoms with Crippen LogP contribution in [0.2, 0.25) is 0 Å². The molecule has 5 heteroatoms. The van der Waals surface area contributed by atoms with Gasteiger partial charge >= 0.3 is 24.3 Å². The molecule has 0 aliphatic carbocycles. The number of nitrogens with two attached hydrogens (primary N) is 4. The summed E-state index contributed by atoms with van der Waals surface area (Å²) in [5.41, 5.74) is 0. The summed E-state index contributed by atoms with van der Waals surface area (Å²) >= 11 is 1.70. The van der Waals surface area contributed by atoms with Crippen LogP contribution in [0, 0.1) is 0 Å². The minimum atomic E-state index is 0. The molecule has 0 bridgehead atoms. The topological polar surface area (TPSA) is 134 Å². The SMILES string of the molecule is [CH2]=[Mo+4].[NH2-].[NH2-].[NH2-].[NH2-]. The minimum Gasteiger partial charge on any atom is -0.693 e. The van der Waals surface area contributed by atoms with Gasteiger partial charge in [0.25, 0.3) is 0 Å². The quantitative estimate of drug-likeness (QED) is 0.499. The van der Waals surface area contributed by atoms with Crippen LogP contribution in [-0.4, -0.2) is 4.90 Å². The molecule has 0 heterocycles. The van der Waals surface area contributed by atoms with E-state index in [2.05, 4.69) is 4.90 Å². The van der Waals surface area contributed by atoms with Crippen molar-refractivity contribution in [1.82, 2.24) is 0 Å². The first-order chi connectivity index (χ1) is 1.00. The predicted molar refractivity (Wildman–Crippen MR) is 28.3 cm³/mol. The predicted octanol–water partition coefficient (Wildman–Crippen LogP) is 2.83. The summed E-state index contributed by atoms with van der Waals surface area (Å²) in [5, 5.41) is 0. The van der Waals surface area contributed by atoms with Crippen molar-refractivity contribution in [1.29, 1.82) is 0 Å². The molecule has 0 aromatic carbocycles. The summed E-state index contributed by atoms with van der Waals surface area (Å²) in [6.45, 7) is 0. The van der Waals surface area contributed by atoms with Crippen molar-refractivity contribution in [3.63, 3.8) is 0 Å². The van der Waals surface area contributed by atoms with Gasteiger partial charge in [0.1, 0.15) is 0 Å². The molecular formula is CH10MoN4. The molecule has 0 atom stereocenters. The zero-order valence-corrected chi connectivity index (χ0v) is 5.43. The van der Waals surface area contributed by atoms with Crippen LogP contribution in [0.3, 0.4) is 0 Å². The van der Waals surface area contributed by atoms with Gasteiger partial charge < -0.3 is 24.6 Å². The largest absolute Gasteiger partial charge is 0.693 e. The third-order valence-corrected chi connectivity index (χ3v) is 0. The first kappa shape index (κ1) is 95.4. The second kappa shape index (κ2) is 658. The van der Waals surface area contributed by atoms with Crippen LogP contribution < -0.4 is 0 Å². The van der Waals surface area contributed by atoms with E-state index in [4.69, 9.17) is 0 Å². The van der Waals surface area contributed by atoms with Crippen LogP contribution in [0.5, 0.6) is 0 Å². The van der Waals surface area contributed by atoms with Crippen LogP contribution in [0.25, 0.3) is 24.6 Å². The van der Waals surface area contributed by atoms with Crippen molar-refractivity contribution in [3.05, 3.63) is 24.6 Å². The van der Waals surface area contributed by atoms with Crippen molar-refractivity contribution < 1.29 is 19.4 Å². The van der Waals surface area contributed by atoms with Gasteiger partial charge in [0.15, 0.2) is 0 Å². The first-order valence-electron chi connectivity index (χ1n) is 0.289. The maximum Gasteiger partial charge on any atom is -0.693 e. The molecule has 0 spiro atoms. The van der Waals surface area contributed by atoms with Crippen molar-refractivity contribution in [2.75, 3.05) is 0 Å². The van der Waals surface area contributed by atoms with E-state index in [1.165, 1.54) is 0 Å². The molecule has 0 saturated carbocycles. The van der Waals surface area contributed by atoms with E-state index in [1.807, 2.05) is 0 Å². The third kappa shape index (κ3) is 320. The summed E-state index contributed by atoms with van der Waals surface area (Å²) in [5.74, 6) is 0. The van der Waals surface area contributed by atoms with E-state index in [0.29, 0.717) is 0 Å². The fourth-order valence-electron chi connectivity index (χ4n) is 0. The van der Waals surface area contributed by atoms with Crippen molar-refractivity contribution >= 4 is 4.90 Å². The fourth-order valence-corrected chi connectivity index (χ4v) is 0. The van der Waals surface area contributed by atoms with E-state index in [0.717, 1.165) is 0 Å². The molecular weight excluding hydrogens is 164 g/mol. The normalized spacial score (nSPS) is 1.00. The van der Waals surface area contributed by atoms with Crippen molar-refractivity contribution in [3.8, 4) is 0 Å². The van der Waals surface area contributed by atoms with Gasteiger partial charge in [-0.2, -0.15) is 0 Å². The summed E-state index contributed by atoms with van der Waals surface area (Å²) in [7, 11) is 0. The fraction of sp³-hybridized carbons (Fsp3) is 0. The van der Waals surface area contributed by atoms with Gasteiger partial charge in [-0.05, 0) is 0 Å². The number of hydrogen-bond donors (Lipinski definition) is 0. The Morgan fingerprint density at radius 2 is 0.667 bits per heavy atom. The van der Waals surface area contributed by atoms with Crippen LogP contribution >= 0.6 is 0 Å². The Morgan fingerprint density at radius 1 is 0.667 bits per heavy atom. The molecule has 40 valence electrons. The molecule has 4 nitrogen and oxygen atoms in total. The second-order valence-electron chi connectivity index (χ2n) is 0. The van der Waals surface area contributed by atoms with Crippen LogP contribution in [0.1, 0.15) is 0 Å². The third-order valence-electron chi connectivity index (χ3n) is 0. The molecule has 0 aliphatic rings. The average Bonchev–Trinajstić information content (AvgIpc) is 1.00. The summed E-state index contributed by atoms with van der Waals surface area (Å²) in [6.07, 6.45) is 0. The zero-order chi connectivity index (χ0) is 2.00. The molecule has 0 amide bonds. The van der Waals surface area contributed by atoms with E-state index < -0.39 is 0 Å². The van der Waals surface area contributed by atoms with Gasteiger partial charge in [-0.25, -0.2) is 0 Å². The Morgan fingerprint density at radius 3 is 0.667 bits per heavy atom. The Balaban J connectivity index is -0.000000000833. The first-order valence-corrected chi connectivity index (χ1v) is 1.71. The van der Waals surface area contributed by atoms with Crippen LogP contribution in [0.15, 0.2) is 0 Å². The molecule has 0 fully saturated rings. The number of rotatable bonds is 0. The molecule has 0 radical (unpaired) electrons. The van der Waals surface area contributed by atoms with E-state index in [-0.39, 0.29) is 24.6 Å². The van der Waals surface area contributed by atoms with Crippen LogP contribution in [0.4, 0.5) is 0 Å². The second-order valence-corrected chi connectivity index (χ2v) is 0. The molecule has 8 N–H and O–H groups in total.